The van der Waals surface area contributed by atoms with Gasteiger partial charge in [-0.3, -0.25) is 24.2 Å². The summed E-state index contributed by atoms with van der Waals surface area (Å²) in [6.45, 7) is 4.85. The molecule has 222 valence electrons. The number of para-hydroxylation sites is 1. The van der Waals surface area contributed by atoms with Crippen molar-refractivity contribution in [3.05, 3.63) is 83.6 Å². The molecule has 2 amide bonds. The number of nitrogens with one attached hydrogen (secondary N) is 1. The number of hydrogen-bond donors (Lipinski definition) is 1. The first-order valence-corrected chi connectivity index (χ1v) is 15.2. The average Bonchev–Trinajstić information content (AvgIpc) is 3.80. The molecule has 0 saturated carbocycles. The normalized spacial score (nSPS) is 18.8. The van der Waals surface area contributed by atoms with Crippen LogP contribution in [0.25, 0.3) is 16.9 Å². The Hall–Kier alpha value is -4.13. The van der Waals surface area contributed by atoms with E-state index in [0.717, 1.165) is 46.9 Å². The van der Waals surface area contributed by atoms with Crippen LogP contribution in [0.4, 0.5) is 0 Å². The summed E-state index contributed by atoms with van der Waals surface area (Å²) in [4.78, 5) is 36.4. The van der Waals surface area contributed by atoms with E-state index < -0.39 is 0 Å². The lowest BCUT2D eigenvalue weighted by Gasteiger charge is -2.21. The summed E-state index contributed by atoms with van der Waals surface area (Å²) in [6.07, 6.45) is 5.66. The predicted molar refractivity (Wildman–Crippen MR) is 165 cm³/mol. The third-order valence-electron chi connectivity index (χ3n) is 7.89. The number of likely N-dealkylation sites (tertiary alicyclic amines) is 1. The van der Waals surface area contributed by atoms with Gasteiger partial charge < -0.3 is 10.1 Å². The topological polar surface area (TPSA) is 120 Å². The van der Waals surface area contributed by atoms with Crippen LogP contribution in [0, 0.1) is 6.92 Å². The van der Waals surface area contributed by atoms with E-state index in [1.54, 1.807) is 24.2 Å². The fraction of sp³-hybridized carbons (Fsp3) is 0.355. The summed E-state index contributed by atoms with van der Waals surface area (Å²) >= 11 is 1.41. The Morgan fingerprint density at radius 1 is 1.19 bits per heavy atom. The van der Waals surface area contributed by atoms with Crippen LogP contribution in [-0.2, 0) is 27.8 Å². The number of hydrogen-bond acceptors (Lipinski definition) is 8. The number of aromatic nitrogens is 5. The largest absolute Gasteiger partial charge is 0.383 e. The minimum atomic E-state index is -0.138. The van der Waals surface area contributed by atoms with E-state index in [0.29, 0.717) is 29.6 Å². The van der Waals surface area contributed by atoms with Crippen LogP contribution in [0.5, 0.6) is 0 Å². The number of nitrogens with zero attached hydrogens (tertiary/aromatic N) is 7. The maximum absolute atomic E-state index is 13.8. The number of carbonyl (C=O) groups is 2. The van der Waals surface area contributed by atoms with Crippen LogP contribution in [-0.4, -0.2) is 91.4 Å². The zero-order chi connectivity index (χ0) is 29.9. The standard InChI is InChI=1S/C31H34N8O3S/c1-20-27(39(23-7-5-4-6-8-23)36-30(20)22-15-33-37(2)16-22)14-28(40)34-26-18-38(11-12-42-3)17-24(26)21-9-10-32-25(13-21)31-35-29(41)19-43-31/h4-10,13,15-16,24,26H,11-12,14,17-19H2,1-3H3,(H,34,40)/t24-,26+/m0/s1. The second-order valence-corrected chi connectivity index (χ2v) is 11.8. The molecule has 1 N–H and O–H groups in total. The molecule has 5 heterocycles. The Labute approximate surface area is 254 Å². The zero-order valence-corrected chi connectivity index (χ0v) is 25.3. The van der Waals surface area contributed by atoms with Crippen LogP contribution in [0.2, 0.25) is 0 Å². The van der Waals surface area contributed by atoms with Crippen LogP contribution in [0.15, 0.2) is 66.0 Å². The van der Waals surface area contributed by atoms with Crippen molar-refractivity contribution in [1.82, 2.24) is 34.8 Å². The van der Waals surface area contributed by atoms with Crippen molar-refractivity contribution < 1.29 is 14.3 Å². The number of aryl methyl sites for hydroxylation is 1. The molecule has 0 aliphatic carbocycles. The number of rotatable bonds is 10. The Bertz CT molecular complexity index is 1660. The summed E-state index contributed by atoms with van der Waals surface area (Å²) in [7, 11) is 3.57. The van der Waals surface area contributed by atoms with Gasteiger partial charge >= 0.3 is 0 Å². The zero-order valence-electron chi connectivity index (χ0n) is 24.4. The van der Waals surface area contributed by atoms with Crippen molar-refractivity contribution >= 4 is 28.6 Å². The Balaban J connectivity index is 1.27. The van der Waals surface area contributed by atoms with Gasteiger partial charge in [-0.25, -0.2) is 9.67 Å². The van der Waals surface area contributed by atoms with Gasteiger partial charge in [-0.05, 0) is 42.3 Å². The maximum Gasteiger partial charge on any atom is 0.257 e. The first kappa shape index (κ1) is 29.0. The molecular formula is C31H34N8O3S. The molecule has 1 saturated heterocycles. The quantitative estimate of drug-likeness (QED) is 0.296. The van der Waals surface area contributed by atoms with Gasteiger partial charge in [-0.2, -0.15) is 10.2 Å². The molecule has 6 rings (SSSR count). The van der Waals surface area contributed by atoms with E-state index >= 15 is 0 Å². The second kappa shape index (κ2) is 12.6. The fourth-order valence-corrected chi connectivity index (χ4v) is 6.51. The molecule has 12 heteroatoms. The van der Waals surface area contributed by atoms with Gasteiger partial charge in [0.05, 0.1) is 47.7 Å². The molecule has 2 aliphatic heterocycles. The van der Waals surface area contributed by atoms with E-state index in [2.05, 4.69) is 25.3 Å². The van der Waals surface area contributed by atoms with Crippen molar-refractivity contribution in [1.29, 1.82) is 0 Å². The molecule has 0 unspecified atom stereocenters. The van der Waals surface area contributed by atoms with Crippen molar-refractivity contribution in [2.75, 3.05) is 39.1 Å². The lowest BCUT2D eigenvalue weighted by Crippen LogP contribution is -2.41. The Morgan fingerprint density at radius 2 is 2.02 bits per heavy atom. The number of thioether (sulfide) groups is 1. The van der Waals surface area contributed by atoms with Crippen molar-refractivity contribution in [2.24, 2.45) is 12.0 Å². The Morgan fingerprint density at radius 3 is 2.74 bits per heavy atom. The van der Waals surface area contributed by atoms with Crippen LogP contribution < -0.4 is 5.32 Å². The minimum Gasteiger partial charge on any atom is -0.383 e. The minimum absolute atomic E-state index is 0.0383. The molecule has 1 fully saturated rings. The second-order valence-electron chi connectivity index (χ2n) is 10.9. The highest BCUT2D eigenvalue weighted by Gasteiger charge is 2.35. The van der Waals surface area contributed by atoms with E-state index in [4.69, 9.17) is 9.84 Å². The highest BCUT2D eigenvalue weighted by Crippen LogP contribution is 2.31. The molecule has 4 aromatic rings. The number of aliphatic imine (C=N–C) groups is 1. The molecule has 0 radical (unpaired) electrons. The van der Waals surface area contributed by atoms with Crippen LogP contribution in [0.1, 0.15) is 28.4 Å². The lowest BCUT2D eigenvalue weighted by molar-refractivity contribution is -0.121. The summed E-state index contributed by atoms with van der Waals surface area (Å²) in [5.74, 6) is 0.171. The van der Waals surface area contributed by atoms with Gasteiger partial charge in [0.1, 0.15) is 5.04 Å². The number of methoxy groups -OCH3 is 1. The van der Waals surface area contributed by atoms with Gasteiger partial charge in [0.2, 0.25) is 5.91 Å². The molecular weight excluding hydrogens is 564 g/mol. The molecule has 11 nitrogen and oxygen atoms in total. The number of amides is 2. The summed E-state index contributed by atoms with van der Waals surface area (Å²) in [5, 5.41) is 13.2. The SMILES string of the molecule is COCCN1C[C@@H](NC(=O)Cc2c(C)c(-c3cnn(C)c3)nn2-c2ccccc2)[C@H](c2ccnc(C3=NC(=O)CS3)c2)C1. The van der Waals surface area contributed by atoms with Crippen LogP contribution in [0.3, 0.4) is 0 Å². The van der Waals surface area contributed by atoms with E-state index in [1.807, 2.05) is 67.3 Å². The van der Waals surface area contributed by atoms with Crippen LogP contribution >= 0.6 is 11.8 Å². The first-order chi connectivity index (χ1) is 20.9. The molecule has 43 heavy (non-hydrogen) atoms. The number of benzene rings is 1. The van der Waals surface area contributed by atoms with Gasteiger partial charge in [-0.1, -0.05) is 30.0 Å². The summed E-state index contributed by atoms with van der Waals surface area (Å²) < 4.78 is 8.95. The molecule has 0 bridgehead atoms. The predicted octanol–water partition coefficient (Wildman–Crippen LogP) is 2.77. The third kappa shape index (κ3) is 6.31. The van der Waals surface area contributed by atoms with Gasteiger partial charge in [0, 0.05) is 63.7 Å². The Kier molecular flexibility index (Phi) is 8.50. The van der Waals surface area contributed by atoms with E-state index in [1.165, 1.54) is 11.8 Å². The first-order valence-electron chi connectivity index (χ1n) is 14.2. The highest BCUT2D eigenvalue weighted by molar-refractivity contribution is 8.15. The fourth-order valence-electron chi connectivity index (χ4n) is 5.75. The molecule has 1 aromatic carbocycles. The molecule has 2 atom stereocenters. The van der Waals surface area contributed by atoms with Gasteiger partial charge in [-0.15, -0.1) is 0 Å². The molecule has 3 aromatic heterocycles. The number of ether oxygens (including phenoxy) is 1. The van der Waals surface area contributed by atoms with Crippen molar-refractivity contribution in [3.8, 4) is 16.9 Å². The molecule has 0 spiro atoms. The van der Waals surface area contributed by atoms with Crippen molar-refractivity contribution in [3.63, 3.8) is 0 Å². The van der Waals surface area contributed by atoms with Gasteiger partial charge in [0.15, 0.2) is 0 Å². The van der Waals surface area contributed by atoms with Gasteiger partial charge in [0.25, 0.3) is 5.91 Å². The summed E-state index contributed by atoms with van der Waals surface area (Å²) in [6, 6.07) is 13.7. The number of carbonyl (C=O) groups excluding carboxylic acids is 2. The van der Waals surface area contributed by atoms with Crippen molar-refractivity contribution in [2.45, 2.75) is 25.3 Å². The maximum atomic E-state index is 13.8. The summed E-state index contributed by atoms with van der Waals surface area (Å²) in [5.41, 5.74) is 6.13. The lowest BCUT2D eigenvalue weighted by atomic mass is 9.94. The average molecular weight is 599 g/mol. The number of pyridine rings is 1. The third-order valence-corrected chi connectivity index (χ3v) is 8.86. The monoisotopic (exact) mass is 598 g/mol. The smallest absolute Gasteiger partial charge is 0.257 e. The van der Waals surface area contributed by atoms with E-state index in [-0.39, 0.29) is 30.2 Å². The van der Waals surface area contributed by atoms with E-state index in [9.17, 15) is 9.59 Å². The highest BCUT2D eigenvalue weighted by atomic mass is 32.2. The molecule has 2 aliphatic rings.